The maximum absolute atomic E-state index is 8.30. The number of hydrogen-bond donors (Lipinski definition) is 3. The Morgan fingerprint density at radius 1 is 0.885 bits per heavy atom. The predicted octanol–water partition coefficient (Wildman–Crippen LogP) is 6.33. The quantitative estimate of drug-likeness (QED) is 0.294. The van der Waals surface area contributed by atoms with Crippen molar-refractivity contribution in [3.63, 3.8) is 0 Å². The fourth-order valence-corrected chi connectivity index (χ4v) is 3.32. The van der Waals surface area contributed by atoms with Gasteiger partial charge < -0.3 is 10.6 Å². The van der Waals surface area contributed by atoms with Gasteiger partial charge in [0.2, 0.25) is 0 Å². The van der Waals surface area contributed by atoms with E-state index in [1.54, 1.807) is 0 Å². The van der Waals surface area contributed by atoms with Gasteiger partial charge in [0.15, 0.2) is 5.96 Å². The third-order valence-electron chi connectivity index (χ3n) is 4.63. The zero-order valence-electron chi connectivity index (χ0n) is 14.8. The van der Waals surface area contributed by atoms with Crippen molar-refractivity contribution < 1.29 is 0 Å². The molecule has 0 fully saturated rings. The van der Waals surface area contributed by atoms with Gasteiger partial charge >= 0.3 is 0 Å². The molecule has 4 rings (SSSR count). The van der Waals surface area contributed by atoms with E-state index >= 15 is 0 Å². The van der Waals surface area contributed by atoms with Crippen LogP contribution >= 0.6 is 12.4 Å². The molecule has 0 heterocycles. The summed E-state index contributed by atoms with van der Waals surface area (Å²) in [6, 6.07) is 18.6. The van der Waals surface area contributed by atoms with Crippen molar-refractivity contribution >= 4 is 52.7 Å². The summed E-state index contributed by atoms with van der Waals surface area (Å²) < 4.78 is 0. The van der Waals surface area contributed by atoms with Crippen LogP contribution in [0.5, 0.6) is 0 Å². The lowest BCUT2D eigenvalue weighted by Crippen LogP contribution is -2.20. The molecule has 1 aliphatic rings. The minimum Gasteiger partial charge on any atom is -0.326 e. The average Bonchev–Trinajstić information content (AvgIpc) is 3.02. The van der Waals surface area contributed by atoms with E-state index in [-0.39, 0.29) is 18.4 Å². The molecule has 0 spiro atoms. The average molecular weight is 364 g/mol. The zero-order chi connectivity index (χ0) is 17.4. The molecule has 1 aliphatic carbocycles. The van der Waals surface area contributed by atoms with Crippen LogP contribution < -0.4 is 10.6 Å². The number of rotatable bonds is 3. The van der Waals surface area contributed by atoms with E-state index in [0.29, 0.717) is 5.92 Å². The van der Waals surface area contributed by atoms with Crippen molar-refractivity contribution in [3.8, 4) is 0 Å². The third kappa shape index (κ3) is 3.31. The zero-order valence-corrected chi connectivity index (χ0v) is 15.7. The molecular formula is C22H22ClN3. The Hall–Kier alpha value is -2.78. The molecule has 3 N–H and O–H groups in total. The summed E-state index contributed by atoms with van der Waals surface area (Å²) >= 11 is 0. The molecule has 3 aromatic rings. The lowest BCUT2D eigenvalue weighted by Gasteiger charge is -2.15. The largest absolute Gasteiger partial charge is 0.326 e. The highest BCUT2D eigenvalue weighted by atomic mass is 35.5. The van der Waals surface area contributed by atoms with E-state index in [2.05, 4.69) is 73.0 Å². The first-order valence-electron chi connectivity index (χ1n) is 8.58. The molecule has 3 aromatic carbocycles. The maximum atomic E-state index is 8.30. The highest BCUT2D eigenvalue weighted by Crippen LogP contribution is 2.35. The van der Waals surface area contributed by atoms with E-state index in [9.17, 15) is 0 Å². The van der Waals surface area contributed by atoms with Crippen molar-refractivity contribution in [2.75, 3.05) is 10.6 Å². The van der Waals surface area contributed by atoms with Crippen molar-refractivity contribution in [3.05, 3.63) is 71.3 Å². The van der Waals surface area contributed by atoms with Crippen LogP contribution in [-0.2, 0) is 0 Å². The lowest BCUT2D eigenvalue weighted by atomic mass is 10.0. The highest BCUT2D eigenvalue weighted by Gasteiger charge is 2.12. The number of benzene rings is 3. The molecule has 0 amide bonds. The molecule has 0 radical (unpaired) electrons. The van der Waals surface area contributed by atoms with Crippen molar-refractivity contribution in [2.45, 2.75) is 19.8 Å². The second-order valence-electron chi connectivity index (χ2n) is 6.71. The Bertz CT molecular complexity index is 993. The molecule has 0 saturated heterocycles. The summed E-state index contributed by atoms with van der Waals surface area (Å²) in [4.78, 5) is 0. The van der Waals surface area contributed by atoms with Crippen LogP contribution in [0.4, 0.5) is 11.4 Å². The standard InChI is InChI=1S/C22H21N3.ClH/c1-14(2)17-6-3-7-18(13-17)24-22(23)25-20-12-11-16-10-9-15-5-4-8-19(20)21(15)16;/h3-14H,1-2H3,(H3,23,24,25);1H. The Labute approximate surface area is 160 Å². The summed E-state index contributed by atoms with van der Waals surface area (Å²) in [5.74, 6) is 0.737. The Kier molecular flexibility index (Phi) is 5.01. The van der Waals surface area contributed by atoms with Crippen LogP contribution in [0.1, 0.15) is 36.5 Å². The summed E-state index contributed by atoms with van der Waals surface area (Å²) in [6.07, 6.45) is 4.28. The molecule has 132 valence electrons. The molecule has 4 heteroatoms. The summed E-state index contributed by atoms with van der Waals surface area (Å²) in [5.41, 5.74) is 5.60. The van der Waals surface area contributed by atoms with Crippen molar-refractivity contribution in [2.24, 2.45) is 0 Å². The van der Waals surface area contributed by atoms with Crippen LogP contribution in [0.15, 0.2) is 54.6 Å². The second-order valence-corrected chi connectivity index (χ2v) is 6.71. The van der Waals surface area contributed by atoms with Gasteiger partial charge in [-0.05, 0) is 46.2 Å². The molecule has 26 heavy (non-hydrogen) atoms. The topological polar surface area (TPSA) is 47.9 Å². The number of halogens is 1. The molecule has 0 unspecified atom stereocenters. The van der Waals surface area contributed by atoms with Crippen LogP contribution in [0, 0.1) is 5.41 Å². The molecule has 0 aliphatic heterocycles. The first kappa shape index (κ1) is 18.0. The van der Waals surface area contributed by atoms with Crippen LogP contribution in [0.25, 0.3) is 22.9 Å². The minimum atomic E-state index is 0. The number of anilines is 2. The summed E-state index contributed by atoms with van der Waals surface area (Å²) in [5, 5.41) is 17.1. The van der Waals surface area contributed by atoms with Crippen LogP contribution in [0.2, 0.25) is 0 Å². The number of nitrogens with one attached hydrogen (secondary N) is 3. The highest BCUT2D eigenvalue weighted by molar-refractivity contribution is 6.13. The first-order valence-corrected chi connectivity index (χ1v) is 8.58. The number of hydrogen-bond acceptors (Lipinski definition) is 1. The van der Waals surface area contributed by atoms with Gasteiger partial charge in [0.25, 0.3) is 0 Å². The lowest BCUT2D eigenvalue weighted by molar-refractivity contribution is 0.867. The molecule has 0 saturated carbocycles. The third-order valence-corrected chi connectivity index (χ3v) is 4.63. The molecule has 3 nitrogen and oxygen atoms in total. The van der Waals surface area contributed by atoms with Gasteiger partial charge in [0.1, 0.15) is 0 Å². The van der Waals surface area contributed by atoms with Gasteiger partial charge in [-0.25, -0.2) is 0 Å². The molecule has 0 bridgehead atoms. The van der Waals surface area contributed by atoms with E-state index in [1.165, 1.54) is 22.1 Å². The fraction of sp³-hybridized carbons (Fsp3) is 0.136. The molecule has 0 atom stereocenters. The Morgan fingerprint density at radius 3 is 2.38 bits per heavy atom. The molecular weight excluding hydrogens is 342 g/mol. The monoisotopic (exact) mass is 363 g/mol. The van der Waals surface area contributed by atoms with Gasteiger partial charge in [-0.15, -0.1) is 12.4 Å². The number of guanidine groups is 1. The normalized spacial score (nSPS) is 11.5. The SMILES string of the molecule is CC(C)c1cccc(NC(=N)Nc2ccc3c4c(cccc24)C=C3)c1.Cl. The van der Waals surface area contributed by atoms with E-state index in [0.717, 1.165) is 16.8 Å². The van der Waals surface area contributed by atoms with E-state index in [1.807, 2.05) is 18.2 Å². The van der Waals surface area contributed by atoms with Gasteiger partial charge in [-0.3, -0.25) is 5.41 Å². The predicted molar refractivity (Wildman–Crippen MR) is 116 cm³/mol. The minimum absolute atomic E-state index is 0. The molecule has 0 aromatic heterocycles. The van der Waals surface area contributed by atoms with Gasteiger partial charge in [0, 0.05) is 16.8 Å². The van der Waals surface area contributed by atoms with Crippen molar-refractivity contribution in [1.29, 1.82) is 5.41 Å². The van der Waals surface area contributed by atoms with Gasteiger partial charge in [0.05, 0.1) is 0 Å². The Morgan fingerprint density at radius 2 is 1.62 bits per heavy atom. The summed E-state index contributed by atoms with van der Waals surface area (Å²) in [7, 11) is 0. The van der Waals surface area contributed by atoms with Crippen molar-refractivity contribution in [1.82, 2.24) is 0 Å². The first-order chi connectivity index (χ1) is 12.1. The maximum Gasteiger partial charge on any atom is 0.197 e. The van der Waals surface area contributed by atoms with E-state index < -0.39 is 0 Å². The Balaban J connectivity index is 0.00000196. The summed E-state index contributed by atoms with van der Waals surface area (Å²) in [6.45, 7) is 4.34. The fourth-order valence-electron chi connectivity index (χ4n) is 3.32. The van der Waals surface area contributed by atoms with E-state index in [4.69, 9.17) is 5.41 Å². The van der Waals surface area contributed by atoms with Crippen LogP contribution in [0.3, 0.4) is 0 Å². The van der Waals surface area contributed by atoms with Gasteiger partial charge in [-0.2, -0.15) is 0 Å². The smallest absolute Gasteiger partial charge is 0.197 e. The van der Waals surface area contributed by atoms with Crippen LogP contribution in [-0.4, -0.2) is 5.96 Å². The van der Waals surface area contributed by atoms with Gasteiger partial charge in [-0.1, -0.05) is 62.4 Å². The second kappa shape index (κ2) is 7.22.